The quantitative estimate of drug-likeness (QED) is 0.402. The minimum absolute atomic E-state index is 0.123. The van der Waals surface area contributed by atoms with Gasteiger partial charge in [-0.15, -0.1) is 0 Å². The van der Waals surface area contributed by atoms with E-state index in [0.29, 0.717) is 0 Å². The Morgan fingerprint density at radius 2 is 1.76 bits per heavy atom. The molecule has 0 saturated carbocycles. The van der Waals surface area contributed by atoms with Crippen LogP contribution in [0.15, 0.2) is 24.5 Å². The molecule has 1 rings (SSSR count). The molecule has 0 radical (unpaired) electrons. The third-order valence-corrected chi connectivity index (χ3v) is 5.67. The highest BCUT2D eigenvalue weighted by molar-refractivity contribution is 8.00. The Morgan fingerprint density at radius 3 is 2.24 bits per heavy atom. The van der Waals surface area contributed by atoms with Crippen molar-refractivity contribution in [3.8, 4) is 0 Å². The van der Waals surface area contributed by atoms with Crippen LogP contribution < -0.4 is 0 Å². The summed E-state index contributed by atoms with van der Waals surface area (Å²) in [5.41, 5.74) is 0.759. The summed E-state index contributed by atoms with van der Waals surface area (Å²) in [5.74, 6) is 4.58. The maximum Gasteiger partial charge on any atom is 0.169 e. The molecule has 4 heteroatoms. The fourth-order valence-corrected chi connectivity index (χ4v) is 4.46. The second-order valence-electron chi connectivity index (χ2n) is 5.16. The van der Waals surface area contributed by atoms with Gasteiger partial charge in [0.05, 0.1) is 0 Å². The standard InChI is InChI=1S/C17H27NOS2/c1-3-5-10-20-13-16(14-21-11-6-4-2)17(19)15-8-7-9-18-12-15/h7-9,12,16H,3-6,10-11,13-14H2,1-2H3. The molecule has 2 nitrogen and oxygen atoms in total. The lowest BCUT2D eigenvalue weighted by Gasteiger charge is -2.15. The summed E-state index contributed by atoms with van der Waals surface area (Å²) in [6, 6.07) is 3.73. The van der Waals surface area contributed by atoms with Crippen LogP contribution in [0.25, 0.3) is 0 Å². The molecule has 0 fully saturated rings. The van der Waals surface area contributed by atoms with E-state index in [1.807, 2.05) is 35.7 Å². The van der Waals surface area contributed by atoms with Gasteiger partial charge in [-0.3, -0.25) is 9.78 Å². The molecule has 0 unspecified atom stereocenters. The van der Waals surface area contributed by atoms with Crippen molar-refractivity contribution in [2.24, 2.45) is 5.92 Å². The van der Waals surface area contributed by atoms with Crippen molar-refractivity contribution in [3.63, 3.8) is 0 Å². The molecule has 0 atom stereocenters. The molecule has 0 N–H and O–H groups in total. The van der Waals surface area contributed by atoms with Gasteiger partial charge in [-0.05, 0) is 36.5 Å². The first-order valence-electron chi connectivity index (χ1n) is 7.89. The van der Waals surface area contributed by atoms with Gasteiger partial charge in [-0.25, -0.2) is 0 Å². The van der Waals surface area contributed by atoms with E-state index in [2.05, 4.69) is 18.8 Å². The van der Waals surface area contributed by atoms with Gasteiger partial charge < -0.3 is 0 Å². The Kier molecular flexibility index (Phi) is 10.7. The average Bonchev–Trinajstić information content (AvgIpc) is 2.53. The van der Waals surface area contributed by atoms with Crippen molar-refractivity contribution in [1.82, 2.24) is 4.98 Å². The monoisotopic (exact) mass is 325 g/mol. The SMILES string of the molecule is CCCCSCC(CSCCCC)C(=O)c1cccnc1. The minimum Gasteiger partial charge on any atom is -0.294 e. The van der Waals surface area contributed by atoms with Crippen LogP contribution in [0.5, 0.6) is 0 Å². The molecule has 118 valence electrons. The van der Waals surface area contributed by atoms with Crippen molar-refractivity contribution in [1.29, 1.82) is 0 Å². The van der Waals surface area contributed by atoms with Gasteiger partial charge in [0.25, 0.3) is 0 Å². The van der Waals surface area contributed by atoms with Crippen molar-refractivity contribution in [2.45, 2.75) is 39.5 Å². The number of pyridine rings is 1. The van der Waals surface area contributed by atoms with Crippen LogP contribution in [0, 0.1) is 5.92 Å². The number of rotatable bonds is 12. The molecule has 0 aliphatic heterocycles. The number of hydrogen-bond donors (Lipinski definition) is 0. The number of carbonyl (C=O) groups excluding carboxylic acids is 1. The minimum atomic E-state index is 0.123. The van der Waals surface area contributed by atoms with Gasteiger partial charge in [0, 0.05) is 35.4 Å². The molecule has 1 aromatic rings. The molecule has 1 aromatic heterocycles. The van der Waals surface area contributed by atoms with E-state index >= 15 is 0 Å². The number of Topliss-reactive ketones (excluding diaryl/α,β-unsaturated/α-hetero) is 1. The van der Waals surface area contributed by atoms with E-state index in [9.17, 15) is 4.79 Å². The van der Waals surface area contributed by atoms with Crippen LogP contribution in [0.4, 0.5) is 0 Å². The van der Waals surface area contributed by atoms with Gasteiger partial charge in [-0.1, -0.05) is 26.7 Å². The van der Waals surface area contributed by atoms with E-state index in [0.717, 1.165) is 28.6 Å². The van der Waals surface area contributed by atoms with E-state index in [1.54, 1.807) is 12.4 Å². The Labute approximate surface area is 137 Å². The van der Waals surface area contributed by atoms with E-state index in [-0.39, 0.29) is 11.7 Å². The molecular weight excluding hydrogens is 298 g/mol. The summed E-state index contributed by atoms with van der Waals surface area (Å²) >= 11 is 3.84. The number of unbranched alkanes of at least 4 members (excludes halogenated alkanes) is 2. The van der Waals surface area contributed by atoms with E-state index in [1.165, 1.54) is 25.7 Å². The van der Waals surface area contributed by atoms with Crippen molar-refractivity contribution < 1.29 is 4.79 Å². The zero-order chi connectivity index (χ0) is 15.3. The zero-order valence-corrected chi connectivity index (χ0v) is 14.8. The van der Waals surface area contributed by atoms with Crippen molar-refractivity contribution in [2.75, 3.05) is 23.0 Å². The van der Waals surface area contributed by atoms with Crippen LogP contribution in [0.3, 0.4) is 0 Å². The zero-order valence-electron chi connectivity index (χ0n) is 13.2. The smallest absolute Gasteiger partial charge is 0.169 e. The largest absolute Gasteiger partial charge is 0.294 e. The van der Waals surface area contributed by atoms with Gasteiger partial charge in [0.2, 0.25) is 0 Å². The van der Waals surface area contributed by atoms with Crippen molar-refractivity contribution in [3.05, 3.63) is 30.1 Å². The molecule has 1 heterocycles. The first-order chi connectivity index (χ1) is 10.3. The molecule has 0 aliphatic carbocycles. The summed E-state index contributed by atoms with van der Waals surface area (Å²) in [4.78, 5) is 16.7. The predicted octanol–water partition coefficient (Wildman–Crippen LogP) is 4.95. The normalized spacial score (nSPS) is 11.0. The first-order valence-corrected chi connectivity index (χ1v) is 10.2. The highest BCUT2D eigenvalue weighted by Gasteiger charge is 2.20. The molecule has 0 bridgehead atoms. The summed E-state index contributed by atoms with van der Waals surface area (Å²) in [7, 11) is 0. The number of aromatic nitrogens is 1. The molecule has 0 saturated heterocycles. The lowest BCUT2D eigenvalue weighted by molar-refractivity contribution is 0.0944. The summed E-state index contributed by atoms with van der Waals surface area (Å²) in [6.07, 6.45) is 8.34. The Morgan fingerprint density at radius 1 is 1.14 bits per heavy atom. The highest BCUT2D eigenvalue weighted by Crippen LogP contribution is 2.20. The fraction of sp³-hybridized carbons (Fsp3) is 0.647. The van der Waals surface area contributed by atoms with Gasteiger partial charge in [0.15, 0.2) is 5.78 Å². The van der Waals surface area contributed by atoms with Crippen LogP contribution in [-0.4, -0.2) is 33.8 Å². The van der Waals surface area contributed by atoms with E-state index < -0.39 is 0 Å². The number of hydrogen-bond acceptors (Lipinski definition) is 4. The Hall–Kier alpha value is -0.480. The topological polar surface area (TPSA) is 30.0 Å². The van der Waals surface area contributed by atoms with Gasteiger partial charge in [0.1, 0.15) is 0 Å². The number of ketones is 1. The highest BCUT2D eigenvalue weighted by atomic mass is 32.2. The predicted molar refractivity (Wildman–Crippen MR) is 96.5 cm³/mol. The molecule has 0 spiro atoms. The van der Waals surface area contributed by atoms with Gasteiger partial charge in [-0.2, -0.15) is 23.5 Å². The first kappa shape index (κ1) is 18.6. The van der Waals surface area contributed by atoms with Crippen LogP contribution in [0.1, 0.15) is 49.9 Å². The maximum absolute atomic E-state index is 12.6. The molecule has 0 amide bonds. The maximum atomic E-state index is 12.6. The van der Waals surface area contributed by atoms with Crippen LogP contribution in [0.2, 0.25) is 0 Å². The van der Waals surface area contributed by atoms with E-state index in [4.69, 9.17) is 0 Å². The van der Waals surface area contributed by atoms with Crippen LogP contribution >= 0.6 is 23.5 Å². The summed E-state index contributed by atoms with van der Waals surface area (Å²) < 4.78 is 0. The molecular formula is C17H27NOS2. The molecule has 0 aliphatic rings. The second-order valence-corrected chi connectivity index (χ2v) is 7.46. The fourth-order valence-electron chi connectivity index (χ4n) is 1.89. The second kappa shape index (κ2) is 12.1. The molecule has 0 aromatic carbocycles. The van der Waals surface area contributed by atoms with Crippen LogP contribution in [-0.2, 0) is 0 Å². The number of carbonyl (C=O) groups is 1. The molecule has 21 heavy (non-hydrogen) atoms. The number of thioether (sulfide) groups is 2. The third-order valence-electron chi connectivity index (χ3n) is 3.24. The summed E-state index contributed by atoms with van der Waals surface area (Å²) in [5, 5.41) is 0. The lowest BCUT2D eigenvalue weighted by atomic mass is 10.0. The third kappa shape index (κ3) is 7.91. The summed E-state index contributed by atoms with van der Waals surface area (Å²) in [6.45, 7) is 4.42. The van der Waals surface area contributed by atoms with Crippen molar-refractivity contribution >= 4 is 29.3 Å². The van der Waals surface area contributed by atoms with Gasteiger partial charge >= 0.3 is 0 Å². The number of nitrogens with zero attached hydrogens (tertiary/aromatic N) is 1. The lowest BCUT2D eigenvalue weighted by Crippen LogP contribution is -2.20. The average molecular weight is 326 g/mol. The Bertz CT molecular complexity index is 372. The Balaban J connectivity index is 2.51.